The first-order chi connectivity index (χ1) is 9.50. The summed E-state index contributed by atoms with van der Waals surface area (Å²) >= 11 is 0. The second-order valence-electron chi connectivity index (χ2n) is 5.74. The van der Waals surface area contributed by atoms with Crippen molar-refractivity contribution in [2.45, 2.75) is 45.7 Å². The van der Waals surface area contributed by atoms with E-state index in [9.17, 15) is 10.1 Å². The van der Waals surface area contributed by atoms with Gasteiger partial charge in [-0.25, -0.2) is 0 Å². The Kier molecular flexibility index (Phi) is 4.60. The standard InChI is InChI=1S/C15H23N3O2/c1-11(2)17(10-13-7-5-9-16-13)14-8-4-6-12(3)15(14)18(19)20/h4,6,8,11,13,16H,5,7,9-10H2,1-3H3. The lowest BCUT2D eigenvalue weighted by molar-refractivity contribution is -0.384. The van der Waals surface area contributed by atoms with Crippen LogP contribution in [0, 0.1) is 17.0 Å². The smallest absolute Gasteiger partial charge is 0.295 e. The van der Waals surface area contributed by atoms with Crippen molar-refractivity contribution in [1.82, 2.24) is 5.32 Å². The van der Waals surface area contributed by atoms with Crippen LogP contribution in [0.15, 0.2) is 18.2 Å². The molecule has 1 N–H and O–H groups in total. The summed E-state index contributed by atoms with van der Waals surface area (Å²) in [6.07, 6.45) is 2.33. The topological polar surface area (TPSA) is 58.4 Å². The number of nitro benzene ring substituents is 1. The quantitative estimate of drug-likeness (QED) is 0.664. The molecular formula is C15H23N3O2. The number of anilines is 1. The lowest BCUT2D eigenvalue weighted by Gasteiger charge is -2.31. The summed E-state index contributed by atoms with van der Waals surface area (Å²) in [5.41, 5.74) is 1.69. The maximum absolute atomic E-state index is 11.4. The third-order valence-corrected chi connectivity index (χ3v) is 3.91. The van der Waals surface area contributed by atoms with Gasteiger partial charge in [-0.2, -0.15) is 0 Å². The highest BCUT2D eigenvalue weighted by Crippen LogP contribution is 2.33. The second-order valence-corrected chi connectivity index (χ2v) is 5.74. The number of rotatable bonds is 5. The SMILES string of the molecule is Cc1cccc(N(CC2CCCN2)C(C)C)c1[N+](=O)[O-]. The molecule has 0 bridgehead atoms. The Labute approximate surface area is 120 Å². The number of benzene rings is 1. The summed E-state index contributed by atoms with van der Waals surface area (Å²) in [6.45, 7) is 7.84. The number of aryl methyl sites for hydroxylation is 1. The molecule has 1 atom stereocenters. The van der Waals surface area contributed by atoms with Crippen LogP contribution in [-0.2, 0) is 0 Å². The summed E-state index contributed by atoms with van der Waals surface area (Å²) in [5.74, 6) is 0. The molecule has 1 unspecified atom stereocenters. The van der Waals surface area contributed by atoms with E-state index in [-0.39, 0.29) is 16.7 Å². The first kappa shape index (κ1) is 14.8. The first-order valence-electron chi connectivity index (χ1n) is 7.24. The minimum absolute atomic E-state index is 0.234. The fourth-order valence-corrected chi connectivity index (χ4v) is 2.85. The van der Waals surface area contributed by atoms with E-state index in [4.69, 9.17) is 0 Å². The molecule has 0 amide bonds. The average molecular weight is 277 g/mol. The van der Waals surface area contributed by atoms with Gasteiger partial charge in [0.25, 0.3) is 5.69 Å². The maximum atomic E-state index is 11.4. The maximum Gasteiger partial charge on any atom is 0.295 e. The van der Waals surface area contributed by atoms with E-state index in [2.05, 4.69) is 24.1 Å². The Morgan fingerprint density at radius 2 is 2.25 bits per heavy atom. The molecule has 5 heteroatoms. The highest BCUT2D eigenvalue weighted by atomic mass is 16.6. The van der Waals surface area contributed by atoms with Gasteiger partial charge in [0, 0.05) is 24.2 Å². The lowest BCUT2D eigenvalue weighted by atomic mass is 10.1. The molecule has 0 aromatic heterocycles. The van der Waals surface area contributed by atoms with Gasteiger partial charge in [-0.1, -0.05) is 12.1 Å². The minimum Gasteiger partial charge on any atom is -0.362 e. The molecule has 2 rings (SSSR count). The molecule has 110 valence electrons. The molecule has 1 aromatic carbocycles. The summed E-state index contributed by atoms with van der Waals surface area (Å²) in [4.78, 5) is 13.3. The normalized spacial score (nSPS) is 18.5. The van der Waals surface area contributed by atoms with Crippen LogP contribution in [0.2, 0.25) is 0 Å². The largest absolute Gasteiger partial charge is 0.362 e. The van der Waals surface area contributed by atoms with Crippen LogP contribution in [0.25, 0.3) is 0 Å². The Hall–Kier alpha value is -1.62. The molecule has 1 aromatic rings. The molecule has 0 saturated carbocycles. The van der Waals surface area contributed by atoms with Crippen molar-refractivity contribution in [3.63, 3.8) is 0 Å². The summed E-state index contributed by atoms with van der Waals surface area (Å²) in [7, 11) is 0. The zero-order valence-electron chi connectivity index (χ0n) is 12.4. The van der Waals surface area contributed by atoms with Crippen LogP contribution < -0.4 is 10.2 Å². The number of hydrogen-bond donors (Lipinski definition) is 1. The zero-order chi connectivity index (χ0) is 14.7. The van der Waals surface area contributed by atoms with Gasteiger partial charge in [-0.15, -0.1) is 0 Å². The van der Waals surface area contributed by atoms with Crippen LogP contribution in [0.3, 0.4) is 0 Å². The van der Waals surface area contributed by atoms with E-state index in [0.717, 1.165) is 30.8 Å². The van der Waals surface area contributed by atoms with E-state index in [1.807, 2.05) is 12.1 Å². The predicted octanol–water partition coefficient (Wildman–Crippen LogP) is 2.87. The molecule has 1 aliphatic rings. The summed E-state index contributed by atoms with van der Waals surface area (Å²) in [6, 6.07) is 6.22. The zero-order valence-corrected chi connectivity index (χ0v) is 12.4. The number of hydrogen-bond acceptors (Lipinski definition) is 4. The van der Waals surface area contributed by atoms with Gasteiger partial charge in [0.2, 0.25) is 0 Å². The van der Waals surface area contributed by atoms with Crippen molar-refractivity contribution in [3.8, 4) is 0 Å². The third-order valence-electron chi connectivity index (χ3n) is 3.91. The van der Waals surface area contributed by atoms with Crippen LogP contribution in [0.1, 0.15) is 32.3 Å². The monoisotopic (exact) mass is 277 g/mol. The van der Waals surface area contributed by atoms with Gasteiger partial charge in [-0.05, 0) is 46.2 Å². The Bertz CT molecular complexity index is 482. The van der Waals surface area contributed by atoms with Crippen LogP contribution in [0.5, 0.6) is 0 Å². The Balaban J connectivity index is 2.33. The molecule has 0 aliphatic carbocycles. The molecule has 0 spiro atoms. The number of nitro groups is 1. The van der Waals surface area contributed by atoms with Gasteiger partial charge >= 0.3 is 0 Å². The number of nitrogens with one attached hydrogen (secondary N) is 1. The molecular weight excluding hydrogens is 254 g/mol. The molecule has 0 radical (unpaired) electrons. The van der Waals surface area contributed by atoms with Crippen molar-refractivity contribution >= 4 is 11.4 Å². The Morgan fingerprint density at radius 1 is 1.50 bits per heavy atom. The van der Waals surface area contributed by atoms with Crippen molar-refractivity contribution in [2.24, 2.45) is 0 Å². The van der Waals surface area contributed by atoms with Crippen LogP contribution >= 0.6 is 0 Å². The van der Waals surface area contributed by atoms with E-state index in [0.29, 0.717) is 6.04 Å². The molecule has 1 fully saturated rings. The second kappa shape index (κ2) is 6.22. The highest BCUT2D eigenvalue weighted by molar-refractivity contribution is 5.67. The van der Waals surface area contributed by atoms with Crippen molar-refractivity contribution in [3.05, 3.63) is 33.9 Å². The van der Waals surface area contributed by atoms with E-state index in [1.54, 1.807) is 13.0 Å². The Morgan fingerprint density at radius 3 is 2.80 bits per heavy atom. The molecule has 20 heavy (non-hydrogen) atoms. The van der Waals surface area contributed by atoms with E-state index in [1.165, 1.54) is 6.42 Å². The number of para-hydroxylation sites is 1. The average Bonchev–Trinajstić information content (AvgIpc) is 2.87. The van der Waals surface area contributed by atoms with Crippen molar-refractivity contribution < 1.29 is 4.92 Å². The van der Waals surface area contributed by atoms with Crippen LogP contribution in [0.4, 0.5) is 11.4 Å². The molecule has 5 nitrogen and oxygen atoms in total. The van der Waals surface area contributed by atoms with Gasteiger partial charge in [0.05, 0.1) is 4.92 Å². The van der Waals surface area contributed by atoms with Crippen molar-refractivity contribution in [1.29, 1.82) is 0 Å². The summed E-state index contributed by atoms with van der Waals surface area (Å²) in [5, 5.41) is 14.8. The molecule has 1 aliphatic heterocycles. The van der Waals surface area contributed by atoms with Gasteiger partial charge < -0.3 is 10.2 Å². The highest BCUT2D eigenvalue weighted by Gasteiger charge is 2.26. The van der Waals surface area contributed by atoms with Gasteiger partial charge in [-0.3, -0.25) is 10.1 Å². The van der Waals surface area contributed by atoms with E-state index >= 15 is 0 Å². The minimum atomic E-state index is -0.262. The van der Waals surface area contributed by atoms with Crippen molar-refractivity contribution in [2.75, 3.05) is 18.0 Å². The molecule has 1 heterocycles. The summed E-state index contributed by atoms with van der Waals surface area (Å²) < 4.78 is 0. The van der Waals surface area contributed by atoms with Gasteiger partial charge in [0.1, 0.15) is 5.69 Å². The lowest BCUT2D eigenvalue weighted by Crippen LogP contribution is -2.41. The van der Waals surface area contributed by atoms with Gasteiger partial charge in [0.15, 0.2) is 0 Å². The third kappa shape index (κ3) is 3.10. The van der Waals surface area contributed by atoms with E-state index < -0.39 is 0 Å². The fourth-order valence-electron chi connectivity index (χ4n) is 2.85. The first-order valence-corrected chi connectivity index (χ1v) is 7.24. The number of nitrogens with zero attached hydrogens (tertiary/aromatic N) is 2. The van der Waals surface area contributed by atoms with Crippen LogP contribution in [-0.4, -0.2) is 30.1 Å². The predicted molar refractivity (Wildman–Crippen MR) is 81.3 cm³/mol. The molecule has 1 saturated heterocycles. The fraction of sp³-hybridized carbons (Fsp3) is 0.600.